The molecule has 2 aromatic rings. The number of rotatable bonds is 3. The van der Waals surface area contributed by atoms with Crippen LogP contribution in [0.4, 0.5) is 0 Å². The Labute approximate surface area is 92.3 Å². The van der Waals surface area contributed by atoms with Gasteiger partial charge in [-0.2, -0.15) is 0 Å². The van der Waals surface area contributed by atoms with Crippen LogP contribution in [0.25, 0.3) is 11.3 Å². The number of hydrogen-bond acceptors (Lipinski definition) is 3. The Morgan fingerprint density at radius 3 is 2.87 bits per heavy atom. The summed E-state index contributed by atoms with van der Waals surface area (Å²) < 4.78 is 5.18. The van der Waals surface area contributed by atoms with Crippen molar-refractivity contribution in [1.29, 1.82) is 0 Å². The molecule has 1 N–H and O–H groups in total. The first-order chi connectivity index (χ1) is 7.31. The lowest BCUT2D eigenvalue weighted by Crippen LogP contribution is -1.90. The standard InChI is InChI=1S/C11H10ClNO2/c12-9-4-2-1-3-8(9)10-7-15-11(13-10)5-6-14/h1-4,7,14H,5-6H2. The third-order valence-electron chi connectivity index (χ3n) is 2.03. The second kappa shape index (κ2) is 4.47. The van der Waals surface area contributed by atoms with Crippen molar-refractivity contribution in [2.45, 2.75) is 6.42 Å². The monoisotopic (exact) mass is 223 g/mol. The number of aliphatic hydroxyl groups is 1. The van der Waals surface area contributed by atoms with Gasteiger partial charge in [0.2, 0.25) is 0 Å². The summed E-state index contributed by atoms with van der Waals surface area (Å²) in [5, 5.41) is 9.37. The molecule has 0 amide bonds. The molecule has 3 nitrogen and oxygen atoms in total. The predicted octanol–water partition coefficient (Wildman–Crippen LogP) is 2.53. The third-order valence-corrected chi connectivity index (χ3v) is 2.36. The molecule has 0 fully saturated rings. The highest BCUT2D eigenvalue weighted by Crippen LogP contribution is 2.26. The summed E-state index contributed by atoms with van der Waals surface area (Å²) in [5.41, 5.74) is 1.54. The van der Waals surface area contributed by atoms with E-state index >= 15 is 0 Å². The molecule has 4 heteroatoms. The number of nitrogens with zero attached hydrogens (tertiary/aromatic N) is 1. The van der Waals surface area contributed by atoms with Crippen LogP contribution < -0.4 is 0 Å². The smallest absolute Gasteiger partial charge is 0.196 e. The lowest BCUT2D eigenvalue weighted by molar-refractivity contribution is 0.285. The minimum Gasteiger partial charge on any atom is -0.448 e. The van der Waals surface area contributed by atoms with E-state index in [1.807, 2.05) is 18.2 Å². The summed E-state index contributed by atoms with van der Waals surface area (Å²) in [5.74, 6) is 0.521. The summed E-state index contributed by atoms with van der Waals surface area (Å²) in [6.07, 6.45) is 1.97. The molecule has 0 aliphatic rings. The van der Waals surface area contributed by atoms with Gasteiger partial charge in [-0.1, -0.05) is 29.8 Å². The fraction of sp³-hybridized carbons (Fsp3) is 0.182. The summed E-state index contributed by atoms with van der Waals surface area (Å²) in [4.78, 5) is 4.22. The molecule has 2 rings (SSSR count). The minimum absolute atomic E-state index is 0.0302. The van der Waals surface area contributed by atoms with E-state index in [-0.39, 0.29) is 6.61 Å². The van der Waals surface area contributed by atoms with Gasteiger partial charge in [0, 0.05) is 12.0 Å². The number of halogens is 1. The van der Waals surface area contributed by atoms with Crippen molar-refractivity contribution >= 4 is 11.6 Å². The fourth-order valence-electron chi connectivity index (χ4n) is 1.31. The van der Waals surface area contributed by atoms with E-state index in [4.69, 9.17) is 21.1 Å². The lowest BCUT2D eigenvalue weighted by Gasteiger charge is -1.97. The summed E-state index contributed by atoms with van der Waals surface area (Å²) >= 11 is 6.01. The van der Waals surface area contributed by atoms with Crippen LogP contribution in [-0.2, 0) is 6.42 Å². The molecule has 78 valence electrons. The topological polar surface area (TPSA) is 46.3 Å². The van der Waals surface area contributed by atoms with Crippen LogP contribution in [0.1, 0.15) is 5.89 Å². The molecule has 0 saturated heterocycles. The average molecular weight is 224 g/mol. The molecule has 0 radical (unpaired) electrons. The van der Waals surface area contributed by atoms with Gasteiger partial charge in [0.05, 0.1) is 11.6 Å². The van der Waals surface area contributed by atoms with E-state index in [9.17, 15) is 0 Å². The number of hydrogen-bond donors (Lipinski definition) is 1. The van der Waals surface area contributed by atoms with Crippen molar-refractivity contribution in [3.63, 3.8) is 0 Å². The summed E-state index contributed by atoms with van der Waals surface area (Å²) in [6, 6.07) is 7.43. The van der Waals surface area contributed by atoms with E-state index in [1.165, 1.54) is 0 Å². The quantitative estimate of drug-likeness (QED) is 0.870. The molecule has 1 aromatic carbocycles. The molecule has 15 heavy (non-hydrogen) atoms. The number of benzene rings is 1. The van der Waals surface area contributed by atoms with Crippen LogP contribution in [0, 0.1) is 0 Å². The van der Waals surface area contributed by atoms with Gasteiger partial charge in [0.25, 0.3) is 0 Å². The van der Waals surface area contributed by atoms with E-state index in [0.717, 1.165) is 5.56 Å². The van der Waals surface area contributed by atoms with Gasteiger partial charge in [-0.05, 0) is 6.07 Å². The first kappa shape index (κ1) is 10.2. The van der Waals surface area contributed by atoms with E-state index in [0.29, 0.717) is 23.0 Å². The molecule has 0 atom stereocenters. The molecule has 1 aromatic heterocycles. The Hall–Kier alpha value is -1.32. The minimum atomic E-state index is 0.0302. The van der Waals surface area contributed by atoms with Gasteiger partial charge in [0.1, 0.15) is 12.0 Å². The zero-order chi connectivity index (χ0) is 10.7. The molecule has 0 spiro atoms. The van der Waals surface area contributed by atoms with Gasteiger partial charge in [0.15, 0.2) is 5.89 Å². The summed E-state index contributed by atoms with van der Waals surface area (Å²) in [6.45, 7) is 0.0302. The third kappa shape index (κ3) is 2.19. The largest absolute Gasteiger partial charge is 0.448 e. The van der Waals surface area contributed by atoms with Crippen molar-refractivity contribution in [1.82, 2.24) is 4.98 Å². The second-order valence-electron chi connectivity index (χ2n) is 3.08. The van der Waals surface area contributed by atoms with E-state index in [2.05, 4.69) is 4.98 Å². The second-order valence-corrected chi connectivity index (χ2v) is 3.49. The molecular weight excluding hydrogens is 214 g/mol. The Bertz CT molecular complexity index is 453. The maximum atomic E-state index is 8.73. The van der Waals surface area contributed by atoms with Gasteiger partial charge < -0.3 is 9.52 Å². The van der Waals surface area contributed by atoms with Gasteiger partial charge in [-0.15, -0.1) is 0 Å². The first-order valence-electron chi connectivity index (χ1n) is 4.61. The van der Waals surface area contributed by atoms with Crippen molar-refractivity contribution in [3.05, 3.63) is 41.4 Å². The Morgan fingerprint density at radius 1 is 1.33 bits per heavy atom. The number of aliphatic hydroxyl groups excluding tert-OH is 1. The van der Waals surface area contributed by atoms with E-state index < -0.39 is 0 Å². The molecule has 0 bridgehead atoms. The van der Waals surface area contributed by atoms with Crippen LogP contribution in [0.15, 0.2) is 34.9 Å². The van der Waals surface area contributed by atoms with Crippen molar-refractivity contribution in [2.75, 3.05) is 6.61 Å². The average Bonchev–Trinajstić information content (AvgIpc) is 2.68. The zero-order valence-corrected chi connectivity index (χ0v) is 8.74. The SMILES string of the molecule is OCCc1nc(-c2ccccc2Cl)co1. The predicted molar refractivity (Wildman–Crippen MR) is 57.7 cm³/mol. The van der Waals surface area contributed by atoms with Crippen LogP contribution >= 0.6 is 11.6 Å². The molecule has 0 aliphatic carbocycles. The molecule has 0 unspecified atom stereocenters. The molecule has 0 aliphatic heterocycles. The lowest BCUT2D eigenvalue weighted by atomic mass is 10.2. The highest BCUT2D eigenvalue weighted by molar-refractivity contribution is 6.33. The molecular formula is C11H10ClNO2. The Morgan fingerprint density at radius 2 is 2.13 bits per heavy atom. The Balaban J connectivity index is 2.33. The highest BCUT2D eigenvalue weighted by Gasteiger charge is 2.08. The first-order valence-corrected chi connectivity index (χ1v) is 4.99. The fourth-order valence-corrected chi connectivity index (χ4v) is 1.55. The van der Waals surface area contributed by atoms with Gasteiger partial charge in [-0.3, -0.25) is 0 Å². The van der Waals surface area contributed by atoms with Crippen LogP contribution in [0.3, 0.4) is 0 Å². The zero-order valence-electron chi connectivity index (χ0n) is 7.98. The van der Waals surface area contributed by atoms with Crippen LogP contribution in [-0.4, -0.2) is 16.7 Å². The normalized spacial score (nSPS) is 10.5. The summed E-state index contributed by atoms with van der Waals surface area (Å²) in [7, 11) is 0. The van der Waals surface area contributed by atoms with Gasteiger partial charge in [-0.25, -0.2) is 4.98 Å². The van der Waals surface area contributed by atoms with Crippen molar-refractivity contribution < 1.29 is 9.52 Å². The van der Waals surface area contributed by atoms with Crippen LogP contribution in [0.2, 0.25) is 5.02 Å². The van der Waals surface area contributed by atoms with Gasteiger partial charge >= 0.3 is 0 Å². The number of oxazole rings is 1. The maximum absolute atomic E-state index is 8.73. The highest BCUT2D eigenvalue weighted by atomic mass is 35.5. The van der Waals surface area contributed by atoms with E-state index in [1.54, 1.807) is 12.3 Å². The molecule has 0 saturated carbocycles. The molecule has 1 heterocycles. The van der Waals surface area contributed by atoms with Crippen molar-refractivity contribution in [3.8, 4) is 11.3 Å². The Kier molecular flexibility index (Phi) is 3.04. The maximum Gasteiger partial charge on any atom is 0.196 e. The number of aromatic nitrogens is 1. The van der Waals surface area contributed by atoms with Crippen LogP contribution in [0.5, 0.6) is 0 Å². The van der Waals surface area contributed by atoms with Crippen molar-refractivity contribution in [2.24, 2.45) is 0 Å².